The van der Waals surface area contributed by atoms with E-state index in [1.807, 2.05) is 0 Å². The third kappa shape index (κ3) is 3.83. The van der Waals surface area contributed by atoms with Crippen LogP contribution in [0.5, 0.6) is 0 Å². The van der Waals surface area contributed by atoms with E-state index in [2.05, 4.69) is 14.9 Å². The van der Waals surface area contributed by atoms with Gasteiger partial charge in [-0.3, -0.25) is 9.59 Å². The fraction of sp³-hybridized carbons (Fsp3) is 0.538. The predicted molar refractivity (Wildman–Crippen MR) is 77.4 cm³/mol. The average molecular weight is 332 g/mol. The quantitative estimate of drug-likeness (QED) is 0.795. The third-order valence-corrected chi connectivity index (χ3v) is 3.93. The summed E-state index contributed by atoms with van der Waals surface area (Å²) in [5.74, 6) is -0.623. The Morgan fingerprint density at radius 3 is 2.86 bits per heavy atom. The highest BCUT2D eigenvalue weighted by atomic mass is 35.5. The van der Waals surface area contributed by atoms with Crippen LogP contribution in [-0.4, -0.2) is 46.7 Å². The van der Waals surface area contributed by atoms with Crippen molar-refractivity contribution in [3.05, 3.63) is 21.9 Å². The van der Waals surface area contributed by atoms with Gasteiger partial charge >= 0.3 is 5.97 Å². The van der Waals surface area contributed by atoms with Crippen molar-refractivity contribution in [2.75, 3.05) is 13.7 Å². The van der Waals surface area contributed by atoms with Gasteiger partial charge in [-0.15, -0.1) is 10.2 Å². The van der Waals surface area contributed by atoms with E-state index in [1.54, 1.807) is 4.90 Å². The second kappa shape index (κ2) is 7.04. The summed E-state index contributed by atoms with van der Waals surface area (Å²) in [5.41, 5.74) is 0.202. The van der Waals surface area contributed by atoms with Gasteiger partial charge < -0.3 is 9.64 Å². The second-order valence-electron chi connectivity index (χ2n) is 4.80. The van der Waals surface area contributed by atoms with E-state index in [4.69, 9.17) is 23.2 Å². The lowest BCUT2D eigenvalue weighted by Crippen LogP contribution is -2.45. The smallest absolute Gasteiger partial charge is 0.307 e. The van der Waals surface area contributed by atoms with Crippen molar-refractivity contribution >= 4 is 35.1 Å². The summed E-state index contributed by atoms with van der Waals surface area (Å²) in [4.78, 5) is 25.7. The lowest BCUT2D eigenvalue weighted by molar-refractivity contribution is -0.142. The van der Waals surface area contributed by atoms with Crippen LogP contribution in [0.4, 0.5) is 0 Å². The molecule has 0 aromatic carbocycles. The molecule has 21 heavy (non-hydrogen) atoms. The highest BCUT2D eigenvalue weighted by Gasteiger charge is 2.31. The Bertz CT molecular complexity index is 553. The van der Waals surface area contributed by atoms with Gasteiger partial charge in [-0.25, -0.2) is 0 Å². The van der Waals surface area contributed by atoms with Gasteiger partial charge in [-0.05, 0) is 25.3 Å². The molecule has 0 N–H and O–H groups in total. The number of nitrogens with zero attached hydrogens (tertiary/aromatic N) is 3. The number of hydrogen-bond acceptors (Lipinski definition) is 5. The molecule has 2 rings (SSSR count). The monoisotopic (exact) mass is 331 g/mol. The normalized spacial score (nSPS) is 18.4. The first-order valence-corrected chi connectivity index (χ1v) is 7.35. The molecule has 0 saturated carbocycles. The zero-order valence-electron chi connectivity index (χ0n) is 11.5. The minimum absolute atomic E-state index is 0.00629. The maximum absolute atomic E-state index is 12.6. The van der Waals surface area contributed by atoms with Gasteiger partial charge in [0, 0.05) is 12.6 Å². The van der Waals surface area contributed by atoms with Crippen LogP contribution < -0.4 is 0 Å². The molecule has 8 heteroatoms. The first-order chi connectivity index (χ1) is 10.0. The Kier molecular flexibility index (Phi) is 5.36. The zero-order chi connectivity index (χ0) is 15.4. The minimum Gasteiger partial charge on any atom is -0.469 e. The third-order valence-electron chi connectivity index (χ3n) is 3.47. The first kappa shape index (κ1) is 16.0. The van der Waals surface area contributed by atoms with Gasteiger partial charge in [0.25, 0.3) is 5.91 Å². The van der Waals surface area contributed by atoms with Crippen molar-refractivity contribution < 1.29 is 14.3 Å². The standard InChI is InChI=1S/C13H15Cl2N3O3/c1-21-11(19)6-8-4-2-3-5-18(8)13(20)9-7-10(14)16-17-12(9)15/h7-8H,2-6H2,1H3. The SMILES string of the molecule is COC(=O)CC1CCCCN1C(=O)c1cc(Cl)nnc1Cl. The number of halogens is 2. The molecular formula is C13H15Cl2N3O3. The van der Waals surface area contributed by atoms with Crippen LogP contribution in [0, 0.1) is 0 Å². The van der Waals surface area contributed by atoms with Crippen LogP contribution >= 0.6 is 23.2 Å². The van der Waals surface area contributed by atoms with Crippen LogP contribution in [0.2, 0.25) is 10.3 Å². The molecule has 1 saturated heterocycles. The highest BCUT2D eigenvalue weighted by Crippen LogP contribution is 2.25. The number of rotatable bonds is 3. The molecule has 0 spiro atoms. The number of amides is 1. The summed E-state index contributed by atoms with van der Waals surface area (Å²) >= 11 is 11.7. The molecule has 1 aliphatic rings. The van der Waals surface area contributed by atoms with Crippen molar-refractivity contribution in [3.8, 4) is 0 Å². The number of hydrogen-bond donors (Lipinski definition) is 0. The van der Waals surface area contributed by atoms with E-state index < -0.39 is 0 Å². The molecule has 0 bridgehead atoms. The number of esters is 1. The van der Waals surface area contributed by atoms with Crippen LogP contribution in [0.25, 0.3) is 0 Å². The number of likely N-dealkylation sites (tertiary alicyclic amines) is 1. The topological polar surface area (TPSA) is 72.4 Å². The fourth-order valence-electron chi connectivity index (χ4n) is 2.41. The molecule has 0 aliphatic carbocycles. The summed E-state index contributed by atoms with van der Waals surface area (Å²) in [6.45, 7) is 0.566. The van der Waals surface area contributed by atoms with E-state index in [1.165, 1.54) is 13.2 Å². The molecule has 1 amide bonds. The Balaban J connectivity index is 2.22. The van der Waals surface area contributed by atoms with Gasteiger partial charge in [-0.2, -0.15) is 0 Å². The van der Waals surface area contributed by atoms with E-state index in [-0.39, 0.29) is 40.2 Å². The molecule has 1 aliphatic heterocycles. The molecule has 114 valence electrons. The Morgan fingerprint density at radius 2 is 2.14 bits per heavy atom. The van der Waals surface area contributed by atoms with Crippen LogP contribution in [0.3, 0.4) is 0 Å². The number of carbonyl (C=O) groups excluding carboxylic acids is 2. The Morgan fingerprint density at radius 1 is 1.38 bits per heavy atom. The molecule has 2 heterocycles. The molecule has 1 aromatic rings. The summed E-state index contributed by atoms with van der Waals surface area (Å²) in [5, 5.41) is 7.33. The molecule has 1 atom stereocenters. The molecule has 1 aromatic heterocycles. The van der Waals surface area contributed by atoms with Crippen LogP contribution in [0.15, 0.2) is 6.07 Å². The average Bonchev–Trinajstić information content (AvgIpc) is 2.49. The highest BCUT2D eigenvalue weighted by molar-refractivity contribution is 6.34. The maximum atomic E-state index is 12.6. The predicted octanol–water partition coefficient (Wildman–Crippen LogP) is 2.34. The number of aromatic nitrogens is 2. The Labute approximate surface area is 132 Å². The molecule has 0 radical (unpaired) electrons. The van der Waals surface area contributed by atoms with Crippen molar-refractivity contribution in [3.63, 3.8) is 0 Å². The van der Waals surface area contributed by atoms with E-state index in [0.717, 1.165) is 19.3 Å². The van der Waals surface area contributed by atoms with E-state index in [0.29, 0.717) is 6.54 Å². The summed E-state index contributed by atoms with van der Waals surface area (Å²) in [6.07, 6.45) is 2.78. The number of methoxy groups -OCH3 is 1. The molecule has 1 fully saturated rings. The summed E-state index contributed by atoms with van der Waals surface area (Å²) < 4.78 is 4.68. The van der Waals surface area contributed by atoms with Crippen LogP contribution in [-0.2, 0) is 9.53 Å². The van der Waals surface area contributed by atoms with E-state index >= 15 is 0 Å². The fourth-order valence-corrected chi connectivity index (χ4v) is 2.73. The first-order valence-electron chi connectivity index (χ1n) is 6.59. The Hall–Kier alpha value is -1.40. The van der Waals surface area contributed by atoms with E-state index in [9.17, 15) is 9.59 Å². The summed E-state index contributed by atoms with van der Waals surface area (Å²) in [6, 6.07) is 1.20. The van der Waals surface area contributed by atoms with Gasteiger partial charge in [0.15, 0.2) is 10.3 Å². The number of carbonyl (C=O) groups is 2. The maximum Gasteiger partial charge on any atom is 0.307 e. The van der Waals surface area contributed by atoms with Crippen molar-refractivity contribution in [1.29, 1.82) is 0 Å². The van der Waals surface area contributed by atoms with Gasteiger partial charge in [0.05, 0.1) is 19.1 Å². The van der Waals surface area contributed by atoms with Crippen molar-refractivity contribution in [1.82, 2.24) is 15.1 Å². The van der Waals surface area contributed by atoms with Crippen LogP contribution in [0.1, 0.15) is 36.0 Å². The number of ether oxygens (including phenoxy) is 1. The molecular weight excluding hydrogens is 317 g/mol. The summed E-state index contributed by atoms with van der Waals surface area (Å²) in [7, 11) is 1.33. The van der Waals surface area contributed by atoms with Gasteiger partial charge in [0.1, 0.15) is 0 Å². The molecule has 1 unspecified atom stereocenters. The minimum atomic E-state index is -0.336. The largest absolute Gasteiger partial charge is 0.469 e. The lowest BCUT2D eigenvalue weighted by atomic mass is 9.98. The molecule has 6 nitrogen and oxygen atoms in total. The second-order valence-corrected chi connectivity index (χ2v) is 5.55. The van der Waals surface area contributed by atoms with Crippen molar-refractivity contribution in [2.45, 2.75) is 31.7 Å². The number of piperidine rings is 1. The van der Waals surface area contributed by atoms with Gasteiger partial charge in [0.2, 0.25) is 0 Å². The zero-order valence-corrected chi connectivity index (χ0v) is 13.0. The lowest BCUT2D eigenvalue weighted by Gasteiger charge is -2.35. The van der Waals surface area contributed by atoms with Crippen molar-refractivity contribution in [2.24, 2.45) is 0 Å². The van der Waals surface area contributed by atoms with Gasteiger partial charge in [-0.1, -0.05) is 23.2 Å².